The molecule has 0 saturated heterocycles. The van der Waals surface area contributed by atoms with Gasteiger partial charge in [-0.2, -0.15) is 13.2 Å². The number of hydrogen-bond acceptors (Lipinski definition) is 4. The number of benzene rings is 2. The molecule has 34 heavy (non-hydrogen) atoms. The predicted molar refractivity (Wildman–Crippen MR) is 121 cm³/mol. The van der Waals surface area contributed by atoms with Crippen molar-refractivity contribution < 1.29 is 32.7 Å². The third-order valence-corrected chi connectivity index (χ3v) is 6.82. The van der Waals surface area contributed by atoms with Crippen LogP contribution in [0.15, 0.2) is 48.5 Å². The summed E-state index contributed by atoms with van der Waals surface area (Å²) in [6, 6.07) is 10.3. The van der Waals surface area contributed by atoms with Gasteiger partial charge < -0.3 is 15.3 Å². The predicted octanol–water partition coefficient (Wildman–Crippen LogP) is 5.57. The Morgan fingerprint density at radius 2 is 1.74 bits per heavy atom. The summed E-state index contributed by atoms with van der Waals surface area (Å²) in [5.74, 6) is -2.25. The van der Waals surface area contributed by atoms with Crippen LogP contribution >= 0.6 is 22.9 Å². The smallest absolute Gasteiger partial charge is 0.416 e. The number of rotatable bonds is 4. The van der Waals surface area contributed by atoms with Crippen molar-refractivity contribution in [2.45, 2.75) is 19.1 Å². The molecule has 0 bridgehead atoms. The normalized spacial score (nSPS) is 13.4. The van der Waals surface area contributed by atoms with Gasteiger partial charge in [0, 0.05) is 17.0 Å². The van der Waals surface area contributed by atoms with Gasteiger partial charge in [-0.05, 0) is 48.4 Å². The molecule has 3 aromatic rings. The molecule has 4 rings (SSSR count). The summed E-state index contributed by atoms with van der Waals surface area (Å²) in [5.41, 5.74) is -0.0941. The van der Waals surface area contributed by atoms with Crippen LogP contribution in [0.25, 0.3) is 0 Å². The number of thiophene rings is 1. The third kappa shape index (κ3) is 4.64. The summed E-state index contributed by atoms with van der Waals surface area (Å²) < 4.78 is 38.4. The standard InChI is InChI=1S/C23H16ClF3N2O4S/c24-16-4-2-1-3-14(16)19(30)28-20-18(22(32)33)15-9-10-29(11-17(15)34-20)21(31)12-5-7-13(8-6-12)23(25,26)27/h1-8H,9-11H2,(H,28,30)(H,32,33). The van der Waals surface area contributed by atoms with E-state index in [2.05, 4.69) is 5.32 Å². The summed E-state index contributed by atoms with van der Waals surface area (Å²) in [4.78, 5) is 39.5. The van der Waals surface area contributed by atoms with E-state index >= 15 is 0 Å². The molecule has 176 valence electrons. The number of nitrogens with zero attached hydrogens (tertiary/aromatic N) is 1. The molecule has 11 heteroatoms. The van der Waals surface area contributed by atoms with E-state index in [1.54, 1.807) is 18.2 Å². The van der Waals surface area contributed by atoms with Crippen LogP contribution in [0, 0.1) is 0 Å². The SMILES string of the molecule is O=C(Nc1sc2c(c1C(=O)O)CCN(C(=O)c1ccc(C(F)(F)F)cc1)C2)c1ccccc1Cl. The van der Waals surface area contributed by atoms with E-state index in [1.807, 2.05) is 0 Å². The number of hydrogen-bond donors (Lipinski definition) is 2. The van der Waals surface area contributed by atoms with Crippen molar-refractivity contribution in [3.05, 3.63) is 86.2 Å². The number of fused-ring (bicyclic) bond motifs is 1. The van der Waals surface area contributed by atoms with E-state index in [0.29, 0.717) is 10.4 Å². The maximum Gasteiger partial charge on any atom is 0.416 e. The van der Waals surface area contributed by atoms with Crippen molar-refractivity contribution in [3.8, 4) is 0 Å². The Morgan fingerprint density at radius 1 is 1.06 bits per heavy atom. The lowest BCUT2D eigenvalue weighted by molar-refractivity contribution is -0.137. The third-order valence-electron chi connectivity index (χ3n) is 5.36. The van der Waals surface area contributed by atoms with Gasteiger partial charge in [-0.25, -0.2) is 4.79 Å². The lowest BCUT2D eigenvalue weighted by Gasteiger charge is -2.27. The van der Waals surface area contributed by atoms with Crippen LogP contribution in [-0.2, 0) is 19.1 Å². The molecule has 0 spiro atoms. The highest BCUT2D eigenvalue weighted by atomic mass is 35.5. The minimum Gasteiger partial charge on any atom is -0.478 e. The summed E-state index contributed by atoms with van der Waals surface area (Å²) in [6.07, 6.45) is -4.28. The molecule has 2 aromatic carbocycles. The quantitative estimate of drug-likeness (QED) is 0.482. The van der Waals surface area contributed by atoms with Crippen molar-refractivity contribution in [3.63, 3.8) is 0 Å². The number of halogens is 4. The van der Waals surface area contributed by atoms with Gasteiger partial charge >= 0.3 is 12.1 Å². The first-order chi connectivity index (χ1) is 16.1. The van der Waals surface area contributed by atoms with Gasteiger partial charge in [0.2, 0.25) is 0 Å². The maximum absolute atomic E-state index is 12.8. The lowest BCUT2D eigenvalue weighted by Crippen LogP contribution is -2.35. The number of anilines is 1. The molecule has 0 aliphatic carbocycles. The molecular formula is C23H16ClF3N2O4S. The van der Waals surface area contributed by atoms with Crippen LogP contribution in [-0.4, -0.2) is 34.3 Å². The lowest BCUT2D eigenvalue weighted by atomic mass is 10.0. The fourth-order valence-electron chi connectivity index (χ4n) is 3.69. The van der Waals surface area contributed by atoms with Crippen LogP contribution in [0.3, 0.4) is 0 Å². The zero-order valence-electron chi connectivity index (χ0n) is 17.3. The van der Waals surface area contributed by atoms with Gasteiger partial charge in [-0.15, -0.1) is 11.3 Å². The number of carbonyl (C=O) groups excluding carboxylic acids is 2. The van der Waals surface area contributed by atoms with Crippen molar-refractivity contribution in [1.82, 2.24) is 4.90 Å². The van der Waals surface area contributed by atoms with Gasteiger partial charge in [-0.3, -0.25) is 9.59 Å². The summed E-state index contributed by atoms with van der Waals surface area (Å²) in [5, 5.41) is 12.7. The Kier molecular flexibility index (Phi) is 6.37. The van der Waals surface area contributed by atoms with E-state index < -0.39 is 29.5 Å². The van der Waals surface area contributed by atoms with Gasteiger partial charge in [0.15, 0.2) is 0 Å². The molecule has 6 nitrogen and oxygen atoms in total. The van der Waals surface area contributed by atoms with Crippen molar-refractivity contribution >= 4 is 45.7 Å². The number of amides is 2. The highest BCUT2D eigenvalue weighted by molar-refractivity contribution is 7.17. The number of aromatic carboxylic acids is 1. The minimum atomic E-state index is -4.50. The number of carbonyl (C=O) groups is 3. The monoisotopic (exact) mass is 508 g/mol. The minimum absolute atomic E-state index is 0.0398. The van der Waals surface area contributed by atoms with Crippen molar-refractivity contribution in [1.29, 1.82) is 0 Å². The van der Waals surface area contributed by atoms with E-state index in [0.717, 1.165) is 35.6 Å². The molecule has 0 unspecified atom stereocenters. The number of nitrogens with one attached hydrogen (secondary N) is 1. The molecule has 0 radical (unpaired) electrons. The maximum atomic E-state index is 12.8. The zero-order chi connectivity index (χ0) is 24.6. The number of carboxylic acids is 1. The Hall–Kier alpha value is -3.37. The topological polar surface area (TPSA) is 86.7 Å². The molecule has 0 fully saturated rings. The largest absolute Gasteiger partial charge is 0.478 e. The molecular weight excluding hydrogens is 493 g/mol. The fraction of sp³-hybridized carbons (Fsp3) is 0.174. The Bertz CT molecular complexity index is 1290. The van der Waals surface area contributed by atoms with Gasteiger partial charge in [0.1, 0.15) is 5.00 Å². The first-order valence-corrected chi connectivity index (χ1v) is 11.2. The highest BCUT2D eigenvalue weighted by Gasteiger charge is 2.32. The second-order valence-electron chi connectivity index (χ2n) is 7.50. The molecule has 0 atom stereocenters. The van der Waals surface area contributed by atoms with Gasteiger partial charge in [0.05, 0.1) is 28.3 Å². The average Bonchev–Trinajstić information content (AvgIpc) is 3.15. The van der Waals surface area contributed by atoms with Crippen LogP contribution in [0.2, 0.25) is 5.02 Å². The fourth-order valence-corrected chi connectivity index (χ4v) is 5.16. The second-order valence-corrected chi connectivity index (χ2v) is 9.01. The molecule has 1 aromatic heterocycles. The number of carboxylic acid groups (broad SMARTS) is 1. The molecule has 2 amide bonds. The van der Waals surface area contributed by atoms with Crippen molar-refractivity contribution in [2.75, 3.05) is 11.9 Å². The van der Waals surface area contributed by atoms with Gasteiger partial charge in [0.25, 0.3) is 11.8 Å². The van der Waals surface area contributed by atoms with Crippen LogP contribution in [0.1, 0.15) is 47.1 Å². The first-order valence-electron chi connectivity index (χ1n) is 9.96. The zero-order valence-corrected chi connectivity index (χ0v) is 18.9. The Morgan fingerprint density at radius 3 is 2.35 bits per heavy atom. The summed E-state index contributed by atoms with van der Waals surface area (Å²) >= 11 is 7.10. The van der Waals surface area contributed by atoms with E-state index in [1.165, 1.54) is 11.0 Å². The number of alkyl halides is 3. The Balaban J connectivity index is 1.57. The Labute approximate surface area is 200 Å². The highest BCUT2D eigenvalue weighted by Crippen LogP contribution is 2.38. The van der Waals surface area contributed by atoms with Crippen LogP contribution < -0.4 is 5.32 Å². The van der Waals surface area contributed by atoms with Crippen LogP contribution in [0.4, 0.5) is 18.2 Å². The molecule has 2 heterocycles. The molecule has 1 aliphatic rings. The van der Waals surface area contributed by atoms with E-state index in [-0.39, 0.29) is 46.2 Å². The first kappa shape index (κ1) is 23.8. The van der Waals surface area contributed by atoms with Gasteiger partial charge in [-0.1, -0.05) is 23.7 Å². The van der Waals surface area contributed by atoms with Crippen molar-refractivity contribution in [2.24, 2.45) is 0 Å². The summed E-state index contributed by atoms with van der Waals surface area (Å²) in [6.45, 7) is 0.254. The summed E-state index contributed by atoms with van der Waals surface area (Å²) in [7, 11) is 0. The van der Waals surface area contributed by atoms with E-state index in [4.69, 9.17) is 11.6 Å². The average molecular weight is 509 g/mol. The molecule has 1 aliphatic heterocycles. The molecule has 2 N–H and O–H groups in total. The van der Waals surface area contributed by atoms with Crippen LogP contribution in [0.5, 0.6) is 0 Å². The second kappa shape index (κ2) is 9.11. The molecule has 0 saturated carbocycles. The van der Waals surface area contributed by atoms with E-state index in [9.17, 15) is 32.7 Å².